The van der Waals surface area contributed by atoms with Gasteiger partial charge in [0.25, 0.3) is 5.91 Å². The van der Waals surface area contributed by atoms with Crippen LogP contribution in [0.15, 0.2) is 18.2 Å². The van der Waals surface area contributed by atoms with Gasteiger partial charge in [0.1, 0.15) is 0 Å². The van der Waals surface area contributed by atoms with E-state index in [9.17, 15) is 18.0 Å². The molecular formula is C10H9F3INO. The number of rotatable bonds is 1. The first-order chi connectivity index (χ1) is 7.23. The lowest BCUT2D eigenvalue weighted by Crippen LogP contribution is -2.22. The van der Waals surface area contributed by atoms with Gasteiger partial charge < -0.3 is 4.90 Å². The summed E-state index contributed by atoms with van der Waals surface area (Å²) < 4.78 is 37.3. The van der Waals surface area contributed by atoms with E-state index in [0.717, 1.165) is 6.07 Å². The van der Waals surface area contributed by atoms with Crippen molar-refractivity contribution >= 4 is 28.5 Å². The van der Waals surface area contributed by atoms with Crippen molar-refractivity contribution in [2.24, 2.45) is 0 Å². The molecule has 0 aliphatic carbocycles. The van der Waals surface area contributed by atoms with Crippen LogP contribution in [0.2, 0.25) is 0 Å². The predicted octanol–water partition coefficient (Wildman–Crippen LogP) is 3.01. The first-order valence-electron chi connectivity index (χ1n) is 4.32. The van der Waals surface area contributed by atoms with Crippen LogP contribution in [-0.4, -0.2) is 24.9 Å². The molecule has 0 aromatic heterocycles. The van der Waals surface area contributed by atoms with E-state index >= 15 is 0 Å². The minimum Gasteiger partial charge on any atom is -0.345 e. The molecule has 0 radical (unpaired) electrons. The molecule has 2 nitrogen and oxygen atoms in total. The Morgan fingerprint density at radius 3 is 2.25 bits per heavy atom. The first kappa shape index (κ1) is 13.3. The lowest BCUT2D eigenvalue weighted by molar-refractivity contribution is -0.138. The number of amides is 1. The van der Waals surface area contributed by atoms with Gasteiger partial charge in [-0.1, -0.05) is 0 Å². The van der Waals surface area contributed by atoms with Gasteiger partial charge in [-0.25, -0.2) is 0 Å². The molecule has 0 unspecified atom stereocenters. The number of halogens is 4. The van der Waals surface area contributed by atoms with Crippen LogP contribution in [0.4, 0.5) is 13.2 Å². The zero-order valence-corrected chi connectivity index (χ0v) is 10.8. The van der Waals surface area contributed by atoms with Crippen LogP contribution >= 0.6 is 22.6 Å². The normalized spacial score (nSPS) is 11.4. The number of carbonyl (C=O) groups excluding carboxylic acids is 1. The minimum atomic E-state index is -4.38. The van der Waals surface area contributed by atoms with Crippen LogP contribution in [-0.2, 0) is 6.18 Å². The fourth-order valence-corrected chi connectivity index (χ4v) is 1.96. The maximum absolute atomic E-state index is 12.4. The van der Waals surface area contributed by atoms with E-state index in [0.29, 0.717) is 0 Å². The summed E-state index contributed by atoms with van der Waals surface area (Å²) in [5, 5.41) is 0. The summed E-state index contributed by atoms with van der Waals surface area (Å²) in [7, 11) is 3.10. The van der Waals surface area contributed by atoms with E-state index < -0.39 is 11.7 Å². The Labute approximate surface area is 105 Å². The Balaban J connectivity index is 3.15. The van der Waals surface area contributed by atoms with E-state index in [2.05, 4.69) is 0 Å². The molecule has 0 heterocycles. The average molecular weight is 343 g/mol. The van der Waals surface area contributed by atoms with E-state index in [1.165, 1.54) is 17.0 Å². The molecule has 0 aliphatic heterocycles. The molecule has 88 valence electrons. The Bertz CT molecular complexity index is 415. The third kappa shape index (κ3) is 2.87. The fraction of sp³-hybridized carbons (Fsp3) is 0.300. The fourth-order valence-electron chi connectivity index (χ4n) is 1.14. The maximum Gasteiger partial charge on any atom is 0.417 e. The second kappa shape index (κ2) is 4.60. The maximum atomic E-state index is 12.4. The molecular weight excluding hydrogens is 334 g/mol. The summed E-state index contributed by atoms with van der Waals surface area (Å²) >= 11 is 1.58. The largest absolute Gasteiger partial charge is 0.417 e. The minimum absolute atomic E-state index is 0.0257. The van der Waals surface area contributed by atoms with Crippen LogP contribution in [0.25, 0.3) is 0 Å². The van der Waals surface area contributed by atoms with Gasteiger partial charge in [-0.2, -0.15) is 13.2 Å². The van der Waals surface area contributed by atoms with Crippen LogP contribution < -0.4 is 0 Å². The third-order valence-corrected chi connectivity index (χ3v) is 2.82. The SMILES string of the molecule is CN(C)C(=O)c1ccc(C(F)(F)F)c(I)c1. The molecule has 0 fully saturated rings. The highest BCUT2D eigenvalue weighted by molar-refractivity contribution is 14.1. The lowest BCUT2D eigenvalue weighted by Gasteiger charge is -2.13. The third-order valence-electron chi connectivity index (χ3n) is 1.93. The smallest absolute Gasteiger partial charge is 0.345 e. The first-order valence-corrected chi connectivity index (χ1v) is 5.39. The summed E-state index contributed by atoms with van der Waals surface area (Å²) in [5.41, 5.74) is -0.467. The van der Waals surface area contributed by atoms with Crippen molar-refractivity contribution in [2.75, 3.05) is 14.1 Å². The summed E-state index contributed by atoms with van der Waals surface area (Å²) in [6, 6.07) is 3.36. The summed E-state index contributed by atoms with van der Waals surface area (Å²) in [5.74, 6) is -0.313. The summed E-state index contributed by atoms with van der Waals surface area (Å²) in [6.45, 7) is 0. The number of carbonyl (C=O) groups is 1. The second-order valence-electron chi connectivity index (χ2n) is 3.39. The average Bonchev–Trinajstić information content (AvgIpc) is 2.14. The summed E-state index contributed by atoms with van der Waals surface area (Å²) in [6.07, 6.45) is -4.38. The number of nitrogens with zero attached hydrogens (tertiary/aromatic N) is 1. The van der Waals surface area contributed by atoms with Gasteiger partial charge in [0, 0.05) is 23.2 Å². The van der Waals surface area contributed by atoms with Crippen molar-refractivity contribution < 1.29 is 18.0 Å². The van der Waals surface area contributed by atoms with Crippen LogP contribution in [0.5, 0.6) is 0 Å². The van der Waals surface area contributed by atoms with E-state index in [-0.39, 0.29) is 15.0 Å². The molecule has 1 aromatic carbocycles. The topological polar surface area (TPSA) is 20.3 Å². The molecule has 6 heteroatoms. The number of benzene rings is 1. The Hall–Kier alpha value is -0.790. The zero-order chi connectivity index (χ0) is 12.5. The standard InChI is InChI=1S/C10H9F3INO/c1-15(2)9(16)6-3-4-7(8(14)5-6)10(11,12)13/h3-5H,1-2H3. The highest BCUT2D eigenvalue weighted by Crippen LogP contribution is 2.33. The molecule has 0 saturated heterocycles. The van der Waals surface area contributed by atoms with E-state index in [1.807, 2.05) is 0 Å². The van der Waals surface area contributed by atoms with Gasteiger partial charge in [-0.15, -0.1) is 0 Å². The number of alkyl halides is 3. The van der Waals surface area contributed by atoms with Crippen LogP contribution in [0, 0.1) is 3.57 Å². The Morgan fingerprint density at radius 2 is 1.88 bits per heavy atom. The van der Waals surface area contributed by atoms with Crippen molar-refractivity contribution in [3.63, 3.8) is 0 Å². The van der Waals surface area contributed by atoms with Gasteiger partial charge in [0.05, 0.1) is 5.56 Å². The Morgan fingerprint density at radius 1 is 1.31 bits per heavy atom. The molecule has 0 aliphatic rings. The van der Waals surface area contributed by atoms with Crippen molar-refractivity contribution in [1.82, 2.24) is 4.90 Å². The molecule has 1 rings (SSSR count). The highest BCUT2D eigenvalue weighted by Gasteiger charge is 2.33. The van der Waals surface area contributed by atoms with E-state index in [4.69, 9.17) is 0 Å². The predicted molar refractivity (Wildman–Crippen MR) is 62.2 cm³/mol. The molecule has 0 bridgehead atoms. The van der Waals surface area contributed by atoms with Crippen molar-refractivity contribution in [3.8, 4) is 0 Å². The van der Waals surface area contributed by atoms with Gasteiger partial charge in [-0.3, -0.25) is 4.79 Å². The molecule has 1 aromatic rings. The monoisotopic (exact) mass is 343 g/mol. The molecule has 0 saturated carbocycles. The van der Waals surface area contributed by atoms with Crippen molar-refractivity contribution in [2.45, 2.75) is 6.18 Å². The van der Waals surface area contributed by atoms with Crippen molar-refractivity contribution in [1.29, 1.82) is 0 Å². The van der Waals surface area contributed by atoms with Gasteiger partial charge in [0.15, 0.2) is 0 Å². The lowest BCUT2D eigenvalue weighted by atomic mass is 10.1. The van der Waals surface area contributed by atoms with Crippen LogP contribution in [0.1, 0.15) is 15.9 Å². The van der Waals surface area contributed by atoms with Gasteiger partial charge in [-0.05, 0) is 40.8 Å². The molecule has 1 amide bonds. The Kier molecular flexibility index (Phi) is 3.82. The quantitative estimate of drug-likeness (QED) is 0.718. The highest BCUT2D eigenvalue weighted by atomic mass is 127. The second-order valence-corrected chi connectivity index (χ2v) is 4.55. The van der Waals surface area contributed by atoms with Gasteiger partial charge in [0.2, 0.25) is 0 Å². The number of hydrogen-bond acceptors (Lipinski definition) is 1. The molecule has 0 atom stereocenters. The molecule has 0 N–H and O–H groups in total. The van der Waals surface area contributed by atoms with Gasteiger partial charge >= 0.3 is 6.18 Å². The molecule has 0 spiro atoms. The zero-order valence-electron chi connectivity index (χ0n) is 8.60. The van der Waals surface area contributed by atoms with Crippen molar-refractivity contribution in [3.05, 3.63) is 32.9 Å². The summed E-state index contributed by atoms with van der Waals surface area (Å²) in [4.78, 5) is 12.8. The molecule has 16 heavy (non-hydrogen) atoms. The van der Waals surface area contributed by atoms with Crippen LogP contribution in [0.3, 0.4) is 0 Å². The van der Waals surface area contributed by atoms with E-state index in [1.54, 1.807) is 36.7 Å². The number of hydrogen-bond donors (Lipinski definition) is 0.